The Bertz CT molecular complexity index is 782. The maximum atomic E-state index is 13.1. The molecule has 2 aliphatic rings. The van der Waals surface area contributed by atoms with Crippen LogP contribution in [-0.2, 0) is 11.2 Å². The smallest absolute Gasteiger partial charge is 0.235 e. The Morgan fingerprint density at radius 2 is 1.61 bits per heavy atom. The number of thiophene rings is 1. The molecule has 0 aromatic carbocycles. The van der Waals surface area contributed by atoms with E-state index in [0.29, 0.717) is 5.56 Å². The molecule has 3 rings (SSSR count). The highest BCUT2D eigenvalue weighted by Gasteiger charge is 2.46. The lowest BCUT2D eigenvalue weighted by molar-refractivity contribution is -0.112. The second-order valence-corrected chi connectivity index (χ2v) is 12.8. The molecule has 2 nitrogen and oxygen atoms in total. The lowest BCUT2D eigenvalue weighted by Gasteiger charge is -2.19. The van der Waals surface area contributed by atoms with E-state index in [2.05, 4.69) is 45.7 Å². The monoisotopic (exact) mass is 546 g/mol. The van der Waals surface area contributed by atoms with Crippen molar-refractivity contribution in [3.05, 3.63) is 25.4 Å². The summed E-state index contributed by atoms with van der Waals surface area (Å²) < 4.78 is 1.22. The zero-order valence-corrected chi connectivity index (χ0v) is 21.4. The van der Waals surface area contributed by atoms with Crippen molar-refractivity contribution in [1.29, 1.82) is 0 Å². The van der Waals surface area contributed by atoms with Gasteiger partial charge in [-0.3, -0.25) is 9.59 Å². The first-order valence-electron chi connectivity index (χ1n) is 10.5. The van der Waals surface area contributed by atoms with E-state index < -0.39 is 0 Å². The second-order valence-electron chi connectivity index (χ2n) is 7.69. The van der Waals surface area contributed by atoms with E-state index in [9.17, 15) is 9.59 Å². The number of unbranched alkanes of at least 4 members (excludes halogenated alkanes) is 6. The third-order valence-corrected chi connectivity index (χ3v) is 10.2. The summed E-state index contributed by atoms with van der Waals surface area (Å²) in [5.74, 6) is -0.380. The summed E-state index contributed by atoms with van der Waals surface area (Å²) >= 11 is 10.9. The van der Waals surface area contributed by atoms with Crippen LogP contribution in [0, 0.1) is 5.92 Å². The van der Waals surface area contributed by atoms with Crippen molar-refractivity contribution >= 4 is 71.4 Å². The molecular weight excluding hydrogens is 520 g/mol. The largest absolute Gasteiger partial charge is 0.285 e. The minimum Gasteiger partial charge on any atom is -0.285 e. The molecule has 0 bridgehead atoms. The molecule has 1 aliphatic carbocycles. The predicted octanol–water partition coefficient (Wildman–Crippen LogP) is 8.16. The minimum atomic E-state index is -0.276. The third kappa shape index (κ3) is 4.55. The highest BCUT2D eigenvalue weighted by molar-refractivity contribution is 9.11. The minimum absolute atomic E-state index is 0.148. The Labute approximate surface area is 193 Å². The topological polar surface area (TPSA) is 34.1 Å². The van der Waals surface area contributed by atoms with E-state index in [-0.39, 0.29) is 21.6 Å². The number of halogens is 2. The summed E-state index contributed by atoms with van der Waals surface area (Å²) in [6.45, 7) is 4.41. The Morgan fingerprint density at radius 3 is 2.29 bits per heavy atom. The van der Waals surface area contributed by atoms with Gasteiger partial charge < -0.3 is 0 Å². The first-order chi connectivity index (χ1) is 13.5. The van der Waals surface area contributed by atoms with Gasteiger partial charge in [0.2, 0.25) is 11.6 Å². The number of alkyl halides is 1. The first-order valence-corrected chi connectivity index (χ1v) is 13.9. The fourth-order valence-corrected chi connectivity index (χ4v) is 8.61. The first kappa shape index (κ1) is 22.8. The van der Waals surface area contributed by atoms with Crippen LogP contribution in [0.3, 0.4) is 0 Å². The van der Waals surface area contributed by atoms with Gasteiger partial charge in [-0.2, -0.15) is 0 Å². The fraction of sp³-hybridized carbons (Fsp3) is 0.636. The van der Waals surface area contributed by atoms with E-state index in [4.69, 9.17) is 0 Å². The van der Waals surface area contributed by atoms with Gasteiger partial charge in [0.25, 0.3) is 0 Å². The molecule has 154 valence electrons. The summed E-state index contributed by atoms with van der Waals surface area (Å²) in [5, 5.41) is 0. The molecule has 0 fully saturated rings. The zero-order valence-electron chi connectivity index (χ0n) is 16.6. The van der Waals surface area contributed by atoms with E-state index >= 15 is 0 Å². The van der Waals surface area contributed by atoms with Crippen LogP contribution < -0.4 is 0 Å². The fourth-order valence-electron chi connectivity index (χ4n) is 4.10. The van der Waals surface area contributed by atoms with Gasteiger partial charge in [0.1, 0.15) is 0 Å². The maximum Gasteiger partial charge on any atom is 0.235 e. The normalized spacial score (nSPS) is 21.4. The number of hydrogen-bond donors (Lipinski definition) is 0. The highest BCUT2D eigenvalue weighted by Crippen LogP contribution is 2.57. The molecule has 0 amide bonds. The van der Waals surface area contributed by atoms with Gasteiger partial charge in [0.15, 0.2) is 0 Å². The van der Waals surface area contributed by atoms with Crippen molar-refractivity contribution in [2.24, 2.45) is 5.92 Å². The Hall–Kier alpha value is 0.0900. The van der Waals surface area contributed by atoms with Gasteiger partial charge in [-0.15, -0.1) is 23.1 Å². The summed E-state index contributed by atoms with van der Waals surface area (Å²) in [6, 6.07) is 0. The molecule has 0 radical (unpaired) electrons. The molecule has 1 aromatic rings. The van der Waals surface area contributed by atoms with Gasteiger partial charge in [-0.1, -0.05) is 74.7 Å². The number of hydrogen-bond acceptors (Lipinski definition) is 4. The van der Waals surface area contributed by atoms with Crippen LogP contribution in [0.1, 0.15) is 92.4 Å². The number of carbonyl (C=O) groups excluding carboxylic acids is 2. The lowest BCUT2D eigenvalue weighted by atomic mass is 9.83. The van der Waals surface area contributed by atoms with E-state index in [1.54, 1.807) is 23.1 Å². The van der Waals surface area contributed by atoms with Crippen molar-refractivity contribution < 1.29 is 9.59 Å². The third-order valence-electron chi connectivity index (χ3n) is 5.65. The number of allylic oxidation sites excluding steroid dienone is 1. The zero-order chi connectivity index (χ0) is 20.3. The van der Waals surface area contributed by atoms with E-state index in [0.717, 1.165) is 50.4 Å². The number of carbonyl (C=O) groups is 2. The number of fused-ring (bicyclic) bond motifs is 2. The molecule has 2 heterocycles. The number of ketones is 2. The average molecular weight is 548 g/mol. The quantitative estimate of drug-likeness (QED) is 0.168. The van der Waals surface area contributed by atoms with Crippen LogP contribution in [-0.4, -0.2) is 15.7 Å². The van der Waals surface area contributed by atoms with Crippen LogP contribution in [0.25, 0.3) is 4.91 Å². The van der Waals surface area contributed by atoms with Crippen molar-refractivity contribution in [1.82, 2.24) is 0 Å². The average Bonchev–Trinajstić information content (AvgIpc) is 3.18. The molecule has 2 atom stereocenters. The summed E-state index contributed by atoms with van der Waals surface area (Å²) in [5.41, 5.74) is 2.53. The van der Waals surface area contributed by atoms with Crippen LogP contribution in [0.4, 0.5) is 0 Å². The van der Waals surface area contributed by atoms with Crippen molar-refractivity contribution in [2.75, 3.05) is 0 Å². The molecule has 0 saturated carbocycles. The van der Waals surface area contributed by atoms with Crippen LogP contribution >= 0.6 is 55.0 Å². The summed E-state index contributed by atoms with van der Waals surface area (Å²) in [7, 11) is 0. The number of Topliss-reactive ketones (excluding diaryl/α,β-unsaturated/α-hetero) is 2. The molecule has 1 aliphatic heterocycles. The van der Waals surface area contributed by atoms with Gasteiger partial charge >= 0.3 is 0 Å². The van der Waals surface area contributed by atoms with Gasteiger partial charge in [0.05, 0.1) is 12.8 Å². The SMILES string of the molecule is CCCCCCc1c(Br)sc2c1C(=O)C(=O)C1=C2SC(Br)C1CCCCCC. The molecule has 2 unspecified atom stereocenters. The van der Waals surface area contributed by atoms with Crippen molar-refractivity contribution in [3.8, 4) is 0 Å². The van der Waals surface area contributed by atoms with Crippen molar-refractivity contribution in [2.45, 2.75) is 82.2 Å². The van der Waals surface area contributed by atoms with Crippen LogP contribution in [0.2, 0.25) is 0 Å². The second kappa shape index (κ2) is 10.4. The highest BCUT2D eigenvalue weighted by atomic mass is 79.9. The van der Waals surface area contributed by atoms with Crippen LogP contribution in [0.5, 0.6) is 0 Å². The van der Waals surface area contributed by atoms with E-state index in [1.807, 2.05) is 0 Å². The summed E-state index contributed by atoms with van der Waals surface area (Å²) in [4.78, 5) is 28.3. The molecule has 1 aromatic heterocycles. The standard InChI is InChI=1S/C22H28Br2O2S2/c1-3-5-7-9-11-13-15-17(25)18(26)16-14(12-10-8-6-4-2)22(24)28-20(16)19(15)27-21(13)23/h13,21H,3-12H2,1-2H3. The number of rotatable bonds is 10. The summed E-state index contributed by atoms with van der Waals surface area (Å²) in [6.07, 6.45) is 11.2. The molecule has 0 spiro atoms. The predicted molar refractivity (Wildman–Crippen MR) is 129 cm³/mol. The van der Waals surface area contributed by atoms with E-state index in [1.165, 1.54) is 38.5 Å². The van der Waals surface area contributed by atoms with Gasteiger partial charge in [-0.05, 0) is 40.8 Å². The van der Waals surface area contributed by atoms with Crippen LogP contribution in [0.15, 0.2) is 9.36 Å². The molecule has 0 saturated heterocycles. The Kier molecular flexibility index (Phi) is 8.46. The Balaban J connectivity index is 1.87. The maximum absolute atomic E-state index is 13.1. The van der Waals surface area contributed by atoms with Crippen molar-refractivity contribution in [3.63, 3.8) is 0 Å². The van der Waals surface area contributed by atoms with Gasteiger partial charge in [0, 0.05) is 22.0 Å². The Morgan fingerprint density at radius 1 is 0.929 bits per heavy atom. The molecular formula is C22H28Br2O2S2. The molecule has 6 heteroatoms. The number of thioether (sulfide) groups is 1. The lowest BCUT2D eigenvalue weighted by Crippen LogP contribution is -2.26. The molecule has 28 heavy (non-hydrogen) atoms. The van der Waals surface area contributed by atoms with Gasteiger partial charge in [-0.25, -0.2) is 0 Å². The molecule has 0 N–H and O–H groups in total.